The van der Waals surface area contributed by atoms with Gasteiger partial charge in [0.1, 0.15) is 0 Å². The summed E-state index contributed by atoms with van der Waals surface area (Å²) in [5.41, 5.74) is 0. The molecule has 0 rings (SSSR count). The molecule has 0 aliphatic rings. The van der Waals surface area contributed by atoms with E-state index in [0.29, 0.717) is 0 Å². The molecule has 1 unspecified atom stereocenters. The van der Waals surface area contributed by atoms with Gasteiger partial charge in [-0.2, -0.15) is 30.7 Å². The van der Waals surface area contributed by atoms with Crippen LogP contribution in [-0.2, 0) is 0 Å². The predicted molar refractivity (Wildman–Crippen MR) is 26.5 cm³/mol. The molecule has 0 aromatic heterocycles. The van der Waals surface area contributed by atoms with Crippen LogP contribution in [0.4, 0.5) is 35.1 Å². The van der Waals surface area contributed by atoms with Crippen LogP contribution in [0.15, 0.2) is 0 Å². The zero-order valence-electron chi connectivity index (χ0n) is 6.10. The molecule has 0 aromatic rings. The number of hydrogen-bond donors (Lipinski definition) is 0. The highest BCUT2D eigenvalue weighted by atomic mass is 19.4. The Kier molecular flexibility index (Phi) is 2.86. The van der Waals surface area contributed by atoms with Crippen LogP contribution in [0.2, 0.25) is 0 Å². The molecule has 1 atom stereocenters. The highest BCUT2D eigenvalue weighted by Gasteiger charge is 2.75. The Balaban J connectivity index is 5.04. The van der Waals surface area contributed by atoms with E-state index in [-0.39, 0.29) is 6.92 Å². The summed E-state index contributed by atoms with van der Waals surface area (Å²) in [7, 11) is 0. The molecule has 0 saturated carbocycles. The van der Waals surface area contributed by atoms with Crippen LogP contribution in [0.25, 0.3) is 0 Å². The molecule has 0 radical (unpaired) electrons. The SMILES string of the molecule is CC(F)C(F)(F)C(F)(F)C(F)(F)F. The molecule has 0 aromatic carbocycles. The highest BCUT2D eigenvalue weighted by molar-refractivity contribution is 4.94. The van der Waals surface area contributed by atoms with Crippen molar-refractivity contribution in [1.82, 2.24) is 0 Å². The van der Waals surface area contributed by atoms with E-state index in [9.17, 15) is 35.1 Å². The Morgan fingerprint density at radius 2 is 1.15 bits per heavy atom. The van der Waals surface area contributed by atoms with Crippen molar-refractivity contribution in [2.45, 2.75) is 31.1 Å². The van der Waals surface area contributed by atoms with Crippen LogP contribution >= 0.6 is 0 Å². The number of rotatable bonds is 2. The molecule has 0 saturated heterocycles. The fraction of sp³-hybridized carbons (Fsp3) is 1.00. The van der Waals surface area contributed by atoms with Gasteiger partial charge in [-0.25, -0.2) is 4.39 Å². The van der Waals surface area contributed by atoms with E-state index < -0.39 is 24.2 Å². The lowest BCUT2D eigenvalue weighted by atomic mass is 10.1. The largest absolute Gasteiger partial charge is 0.459 e. The molecule has 0 amide bonds. The summed E-state index contributed by atoms with van der Waals surface area (Å²) in [5, 5.41) is 0. The lowest BCUT2D eigenvalue weighted by Crippen LogP contribution is -2.55. The Morgan fingerprint density at radius 1 is 0.846 bits per heavy atom. The molecular weight excluding hydrogens is 212 g/mol. The standard InChI is InChI=1S/C5H4F8/c1-2(6)3(7,8)4(9,10)5(11,12)13/h2H,1H3. The molecule has 0 bridgehead atoms. The van der Waals surface area contributed by atoms with Crippen molar-refractivity contribution in [3.8, 4) is 0 Å². The second-order valence-corrected chi connectivity index (χ2v) is 2.31. The summed E-state index contributed by atoms with van der Waals surface area (Å²) in [6, 6.07) is 0. The molecular formula is C5H4F8. The van der Waals surface area contributed by atoms with Crippen molar-refractivity contribution in [2.24, 2.45) is 0 Å². The minimum absolute atomic E-state index is 0.0698. The van der Waals surface area contributed by atoms with E-state index in [1.54, 1.807) is 0 Å². The number of hydrogen-bond acceptors (Lipinski definition) is 0. The average Bonchev–Trinajstić information content (AvgIpc) is 1.84. The molecule has 13 heavy (non-hydrogen) atoms. The van der Waals surface area contributed by atoms with Gasteiger partial charge in [0.2, 0.25) is 0 Å². The molecule has 0 nitrogen and oxygen atoms in total. The monoisotopic (exact) mass is 216 g/mol. The van der Waals surface area contributed by atoms with Gasteiger partial charge in [-0.15, -0.1) is 0 Å². The number of alkyl halides is 8. The average molecular weight is 216 g/mol. The fourth-order valence-corrected chi connectivity index (χ4v) is 0.439. The van der Waals surface area contributed by atoms with Gasteiger partial charge in [-0.05, 0) is 6.92 Å². The zero-order valence-corrected chi connectivity index (χ0v) is 6.10. The van der Waals surface area contributed by atoms with Crippen molar-refractivity contribution >= 4 is 0 Å². The summed E-state index contributed by atoms with van der Waals surface area (Å²) >= 11 is 0. The smallest absolute Gasteiger partial charge is 0.241 e. The lowest BCUT2D eigenvalue weighted by molar-refractivity contribution is -0.364. The van der Waals surface area contributed by atoms with Gasteiger partial charge >= 0.3 is 18.0 Å². The Hall–Kier alpha value is -0.560. The van der Waals surface area contributed by atoms with E-state index in [1.807, 2.05) is 0 Å². The van der Waals surface area contributed by atoms with Gasteiger partial charge in [-0.3, -0.25) is 0 Å². The molecule has 0 heterocycles. The van der Waals surface area contributed by atoms with Crippen LogP contribution in [0, 0.1) is 0 Å². The van der Waals surface area contributed by atoms with Crippen molar-refractivity contribution in [3.05, 3.63) is 0 Å². The van der Waals surface area contributed by atoms with Crippen LogP contribution in [0.1, 0.15) is 6.92 Å². The van der Waals surface area contributed by atoms with Gasteiger partial charge in [0.05, 0.1) is 0 Å². The Labute approximate surface area is 67.5 Å². The first-order valence-corrected chi connectivity index (χ1v) is 2.91. The van der Waals surface area contributed by atoms with Crippen molar-refractivity contribution < 1.29 is 35.1 Å². The maximum Gasteiger partial charge on any atom is 0.459 e. The fourth-order valence-electron chi connectivity index (χ4n) is 0.439. The first-order chi connectivity index (χ1) is 5.44. The van der Waals surface area contributed by atoms with Gasteiger partial charge in [0, 0.05) is 0 Å². The van der Waals surface area contributed by atoms with Crippen LogP contribution < -0.4 is 0 Å². The maximum atomic E-state index is 12.0. The summed E-state index contributed by atoms with van der Waals surface area (Å²) in [4.78, 5) is 0. The molecule has 0 aliphatic heterocycles. The van der Waals surface area contributed by atoms with Crippen molar-refractivity contribution in [2.75, 3.05) is 0 Å². The summed E-state index contributed by atoms with van der Waals surface area (Å²) in [6.07, 6.45) is -10.0. The quantitative estimate of drug-likeness (QED) is 0.622. The highest BCUT2D eigenvalue weighted by Crippen LogP contribution is 2.48. The summed E-state index contributed by atoms with van der Waals surface area (Å²) in [6.45, 7) is -0.0698. The van der Waals surface area contributed by atoms with E-state index in [1.165, 1.54) is 0 Å². The number of halogens is 8. The second-order valence-electron chi connectivity index (χ2n) is 2.31. The normalized spacial score (nSPS) is 17.3. The van der Waals surface area contributed by atoms with Gasteiger partial charge in [0.25, 0.3) is 0 Å². The summed E-state index contributed by atoms with van der Waals surface area (Å²) < 4.78 is 93.3. The minimum atomic E-state index is -6.46. The predicted octanol–water partition coefficient (Wildman–Crippen LogP) is 3.18. The van der Waals surface area contributed by atoms with Crippen LogP contribution in [-0.4, -0.2) is 24.2 Å². The zero-order chi connectivity index (χ0) is 11.1. The van der Waals surface area contributed by atoms with E-state index >= 15 is 0 Å². The molecule has 8 heteroatoms. The van der Waals surface area contributed by atoms with E-state index in [2.05, 4.69) is 0 Å². The first kappa shape index (κ1) is 12.4. The van der Waals surface area contributed by atoms with Gasteiger partial charge < -0.3 is 0 Å². The Morgan fingerprint density at radius 3 is 1.23 bits per heavy atom. The Bertz CT molecular complexity index is 177. The lowest BCUT2D eigenvalue weighted by Gasteiger charge is -2.28. The summed E-state index contributed by atoms with van der Waals surface area (Å²) in [5.74, 6) is -12.1. The van der Waals surface area contributed by atoms with Gasteiger partial charge in [-0.1, -0.05) is 0 Å². The minimum Gasteiger partial charge on any atom is -0.241 e. The third kappa shape index (κ3) is 1.86. The van der Waals surface area contributed by atoms with Crippen LogP contribution in [0.5, 0.6) is 0 Å². The first-order valence-electron chi connectivity index (χ1n) is 2.91. The van der Waals surface area contributed by atoms with Crippen LogP contribution in [0.3, 0.4) is 0 Å². The molecule has 0 fully saturated rings. The third-order valence-electron chi connectivity index (χ3n) is 1.27. The van der Waals surface area contributed by atoms with Crippen molar-refractivity contribution in [1.29, 1.82) is 0 Å². The third-order valence-corrected chi connectivity index (χ3v) is 1.27. The van der Waals surface area contributed by atoms with E-state index in [0.717, 1.165) is 0 Å². The molecule has 0 spiro atoms. The molecule has 80 valence electrons. The van der Waals surface area contributed by atoms with Gasteiger partial charge in [0.15, 0.2) is 6.17 Å². The van der Waals surface area contributed by atoms with E-state index in [4.69, 9.17) is 0 Å². The van der Waals surface area contributed by atoms with Crippen molar-refractivity contribution in [3.63, 3.8) is 0 Å². The maximum absolute atomic E-state index is 12.0. The topological polar surface area (TPSA) is 0 Å². The second kappa shape index (κ2) is 2.98. The molecule has 0 N–H and O–H groups in total. The molecule has 0 aliphatic carbocycles.